The van der Waals surface area contributed by atoms with E-state index in [1.807, 2.05) is 0 Å². The van der Waals surface area contributed by atoms with Crippen molar-refractivity contribution in [3.05, 3.63) is 77.3 Å². The molecular formula is C24H19ClF2N2O3. The molecule has 0 radical (unpaired) electrons. The molecule has 1 saturated heterocycles. The highest BCUT2D eigenvalue weighted by Gasteiger charge is 2.37. The summed E-state index contributed by atoms with van der Waals surface area (Å²) in [5.41, 5.74) is 1.09. The van der Waals surface area contributed by atoms with Crippen LogP contribution in [0.15, 0.2) is 60.7 Å². The summed E-state index contributed by atoms with van der Waals surface area (Å²) in [5.74, 6) is -2.76. The van der Waals surface area contributed by atoms with Crippen molar-refractivity contribution < 1.29 is 23.1 Å². The van der Waals surface area contributed by atoms with Crippen molar-refractivity contribution in [1.29, 1.82) is 0 Å². The van der Waals surface area contributed by atoms with Crippen molar-refractivity contribution in [2.24, 2.45) is 5.92 Å². The minimum absolute atomic E-state index is 0.0645. The van der Waals surface area contributed by atoms with E-state index in [-0.39, 0.29) is 30.1 Å². The average molecular weight is 457 g/mol. The van der Waals surface area contributed by atoms with Crippen molar-refractivity contribution in [1.82, 2.24) is 0 Å². The Kier molecular flexibility index (Phi) is 6.10. The van der Waals surface area contributed by atoms with Gasteiger partial charge in [-0.2, -0.15) is 0 Å². The van der Waals surface area contributed by atoms with Crippen LogP contribution in [0.5, 0.6) is 5.75 Å². The zero-order chi connectivity index (χ0) is 22.8. The van der Waals surface area contributed by atoms with Crippen molar-refractivity contribution in [2.45, 2.75) is 6.42 Å². The quantitative estimate of drug-likeness (QED) is 0.568. The predicted octanol–water partition coefficient (Wildman–Crippen LogP) is 5.29. The molecule has 1 aliphatic rings. The molecule has 1 aliphatic heterocycles. The van der Waals surface area contributed by atoms with Gasteiger partial charge in [-0.15, -0.1) is 0 Å². The van der Waals surface area contributed by atoms with Gasteiger partial charge >= 0.3 is 0 Å². The van der Waals surface area contributed by atoms with Crippen LogP contribution in [0.1, 0.15) is 6.42 Å². The van der Waals surface area contributed by atoms with Crippen LogP contribution < -0.4 is 15.0 Å². The van der Waals surface area contributed by atoms with Gasteiger partial charge in [-0.3, -0.25) is 9.59 Å². The SMILES string of the molecule is COc1ccc(Cl)cc1N1CC(C(=O)Nc2c(F)cc(F)cc2-c2ccccc2)CC1=O. The topological polar surface area (TPSA) is 58.6 Å². The van der Waals surface area contributed by atoms with E-state index in [0.29, 0.717) is 28.1 Å². The number of anilines is 2. The number of amides is 2. The molecule has 1 N–H and O–H groups in total. The van der Waals surface area contributed by atoms with Crippen LogP contribution in [-0.2, 0) is 9.59 Å². The second-order valence-corrected chi connectivity index (χ2v) is 7.82. The first-order valence-corrected chi connectivity index (χ1v) is 10.2. The summed E-state index contributed by atoms with van der Waals surface area (Å²) in [6, 6.07) is 15.4. The molecule has 3 aromatic rings. The molecule has 3 aromatic carbocycles. The number of hydrogen-bond donors (Lipinski definition) is 1. The first-order valence-electron chi connectivity index (χ1n) is 9.86. The molecule has 1 fully saturated rings. The first kappa shape index (κ1) is 21.8. The molecule has 0 saturated carbocycles. The third-order valence-corrected chi connectivity index (χ3v) is 5.55. The second kappa shape index (κ2) is 8.96. The van der Waals surface area contributed by atoms with E-state index in [2.05, 4.69) is 5.32 Å². The number of carbonyl (C=O) groups is 2. The van der Waals surface area contributed by atoms with Gasteiger partial charge in [0.15, 0.2) is 0 Å². The van der Waals surface area contributed by atoms with Crippen LogP contribution in [0.4, 0.5) is 20.2 Å². The normalized spacial score (nSPS) is 15.7. The van der Waals surface area contributed by atoms with E-state index in [0.717, 1.165) is 6.07 Å². The lowest BCUT2D eigenvalue weighted by atomic mass is 10.0. The van der Waals surface area contributed by atoms with E-state index in [4.69, 9.17) is 16.3 Å². The molecule has 1 atom stereocenters. The summed E-state index contributed by atoms with van der Waals surface area (Å²) in [4.78, 5) is 27.0. The molecule has 1 heterocycles. The summed E-state index contributed by atoms with van der Waals surface area (Å²) in [7, 11) is 1.47. The van der Waals surface area contributed by atoms with Gasteiger partial charge in [-0.1, -0.05) is 41.9 Å². The third kappa shape index (κ3) is 4.29. The zero-order valence-corrected chi connectivity index (χ0v) is 17.8. The molecule has 2 amide bonds. The van der Waals surface area contributed by atoms with Crippen molar-refractivity contribution in [3.8, 4) is 16.9 Å². The third-order valence-electron chi connectivity index (χ3n) is 5.32. The Hall–Kier alpha value is -3.45. The maximum Gasteiger partial charge on any atom is 0.229 e. The van der Waals surface area contributed by atoms with Crippen molar-refractivity contribution in [3.63, 3.8) is 0 Å². The fraction of sp³-hybridized carbons (Fsp3) is 0.167. The molecule has 8 heteroatoms. The molecule has 5 nitrogen and oxygen atoms in total. The molecule has 164 valence electrons. The number of methoxy groups -OCH3 is 1. The Morgan fingerprint density at radius 1 is 1.12 bits per heavy atom. The summed E-state index contributed by atoms with van der Waals surface area (Å²) in [6.07, 6.45) is -0.0645. The Balaban J connectivity index is 1.60. The van der Waals surface area contributed by atoms with Crippen LogP contribution in [0.2, 0.25) is 5.02 Å². The van der Waals surface area contributed by atoms with Gasteiger partial charge in [0.1, 0.15) is 17.4 Å². The molecular weight excluding hydrogens is 438 g/mol. The Morgan fingerprint density at radius 2 is 1.88 bits per heavy atom. The molecule has 32 heavy (non-hydrogen) atoms. The van der Waals surface area contributed by atoms with Crippen LogP contribution in [-0.4, -0.2) is 25.5 Å². The smallest absolute Gasteiger partial charge is 0.229 e. The van der Waals surface area contributed by atoms with Gasteiger partial charge in [-0.25, -0.2) is 8.78 Å². The summed E-state index contributed by atoms with van der Waals surface area (Å²) in [5, 5.41) is 2.98. The number of hydrogen-bond acceptors (Lipinski definition) is 3. The monoisotopic (exact) mass is 456 g/mol. The lowest BCUT2D eigenvalue weighted by molar-refractivity contribution is -0.122. The molecule has 4 rings (SSSR count). The number of nitrogens with one attached hydrogen (secondary N) is 1. The van der Waals surface area contributed by atoms with Gasteiger partial charge in [0, 0.05) is 29.6 Å². The molecule has 0 aliphatic carbocycles. The summed E-state index contributed by atoms with van der Waals surface area (Å²) < 4.78 is 33.8. The standard InChI is InChI=1S/C24H19ClF2N2O3/c1-32-21-8-7-16(25)10-20(21)29-13-15(9-22(29)30)24(31)28-23-18(11-17(26)12-19(23)27)14-5-3-2-4-6-14/h2-8,10-12,15H,9,13H2,1H3,(H,28,31). The van der Waals surface area contributed by atoms with E-state index in [1.165, 1.54) is 12.0 Å². The predicted molar refractivity (Wildman–Crippen MR) is 119 cm³/mol. The molecule has 0 aromatic heterocycles. The van der Waals surface area contributed by atoms with Crippen LogP contribution in [0, 0.1) is 17.6 Å². The summed E-state index contributed by atoms with van der Waals surface area (Å²) in [6.45, 7) is 0.0743. The first-order chi connectivity index (χ1) is 15.4. The largest absolute Gasteiger partial charge is 0.495 e. The second-order valence-electron chi connectivity index (χ2n) is 7.39. The Bertz CT molecular complexity index is 1190. The van der Waals surface area contributed by atoms with E-state index >= 15 is 0 Å². The fourth-order valence-corrected chi connectivity index (χ4v) is 3.93. The molecule has 0 spiro atoms. The van der Waals surface area contributed by atoms with Gasteiger partial charge < -0.3 is 15.0 Å². The van der Waals surface area contributed by atoms with Crippen LogP contribution in [0.3, 0.4) is 0 Å². The van der Waals surface area contributed by atoms with Crippen molar-refractivity contribution in [2.75, 3.05) is 23.9 Å². The number of rotatable bonds is 5. The highest BCUT2D eigenvalue weighted by atomic mass is 35.5. The van der Waals surface area contributed by atoms with Gasteiger partial charge in [-0.05, 0) is 29.8 Å². The number of benzene rings is 3. The number of halogens is 3. The van der Waals surface area contributed by atoms with Gasteiger partial charge in [0.2, 0.25) is 11.8 Å². The lowest BCUT2D eigenvalue weighted by Gasteiger charge is -2.20. The molecule has 1 unspecified atom stereocenters. The van der Waals surface area contributed by atoms with Gasteiger partial charge in [0.05, 0.1) is 24.4 Å². The maximum atomic E-state index is 14.6. The Labute approximate surface area is 188 Å². The Morgan fingerprint density at radius 3 is 2.59 bits per heavy atom. The van der Waals surface area contributed by atoms with E-state index in [9.17, 15) is 18.4 Å². The van der Waals surface area contributed by atoms with Crippen LogP contribution >= 0.6 is 11.6 Å². The number of nitrogens with zero attached hydrogens (tertiary/aromatic N) is 1. The number of ether oxygens (including phenoxy) is 1. The van der Waals surface area contributed by atoms with E-state index in [1.54, 1.807) is 48.5 Å². The lowest BCUT2D eigenvalue weighted by Crippen LogP contribution is -2.28. The molecule has 0 bridgehead atoms. The minimum atomic E-state index is -0.894. The highest BCUT2D eigenvalue weighted by Crippen LogP contribution is 2.36. The zero-order valence-electron chi connectivity index (χ0n) is 17.1. The van der Waals surface area contributed by atoms with Gasteiger partial charge in [0.25, 0.3) is 0 Å². The van der Waals surface area contributed by atoms with Crippen molar-refractivity contribution >= 4 is 34.8 Å². The fourth-order valence-electron chi connectivity index (χ4n) is 3.76. The van der Waals surface area contributed by atoms with Crippen LogP contribution in [0.25, 0.3) is 11.1 Å². The number of carbonyl (C=O) groups excluding carboxylic acids is 2. The maximum absolute atomic E-state index is 14.6. The highest BCUT2D eigenvalue weighted by molar-refractivity contribution is 6.31. The minimum Gasteiger partial charge on any atom is -0.495 e. The average Bonchev–Trinajstić information content (AvgIpc) is 3.17. The summed E-state index contributed by atoms with van der Waals surface area (Å²) >= 11 is 6.07. The van der Waals surface area contributed by atoms with E-state index < -0.39 is 23.5 Å².